The van der Waals surface area contributed by atoms with Gasteiger partial charge in [-0.25, -0.2) is 19.6 Å². The lowest BCUT2D eigenvalue weighted by Gasteiger charge is -2.10. The van der Waals surface area contributed by atoms with Crippen molar-refractivity contribution in [3.8, 4) is 11.3 Å². The number of nitrogens with zero attached hydrogens (tertiary/aromatic N) is 2. The number of aromatic nitrogens is 2. The number of rotatable bonds is 5. The van der Waals surface area contributed by atoms with E-state index < -0.39 is 12.1 Å². The fourth-order valence-electron chi connectivity index (χ4n) is 2.01. The van der Waals surface area contributed by atoms with Crippen LogP contribution in [0.15, 0.2) is 30.3 Å². The fraction of sp³-hybridized carbons (Fsp3) is 0.235. The summed E-state index contributed by atoms with van der Waals surface area (Å²) in [5.41, 5.74) is 1.64. The van der Waals surface area contributed by atoms with E-state index in [1.54, 1.807) is 44.2 Å². The highest BCUT2D eigenvalue weighted by atomic mass is 35.5. The number of benzene rings is 1. The number of hydrogen-bond donors (Lipinski definition) is 2. The number of thiocarbonyl (C=S) groups is 1. The number of anilines is 1. The predicted octanol–water partition coefficient (Wildman–Crippen LogP) is 3.42. The van der Waals surface area contributed by atoms with Gasteiger partial charge in [0, 0.05) is 11.6 Å². The lowest BCUT2D eigenvalue weighted by Crippen LogP contribution is -2.35. The molecule has 0 radical (unpaired) electrons. The molecule has 10 heteroatoms. The molecule has 0 aliphatic carbocycles. The first-order chi connectivity index (χ1) is 12.9. The van der Waals surface area contributed by atoms with Gasteiger partial charge in [-0.3, -0.25) is 5.32 Å². The van der Waals surface area contributed by atoms with Gasteiger partial charge < -0.3 is 14.8 Å². The van der Waals surface area contributed by atoms with Crippen LogP contribution in [-0.2, 0) is 9.47 Å². The maximum atomic E-state index is 11.7. The summed E-state index contributed by atoms with van der Waals surface area (Å²) in [5, 5.41) is 5.14. The first-order valence-corrected chi connectivity index (χ1v) is 8.78. The summed E-state index contributed by atoms with van der Waals surface area (Å²) >= 11 is 11.0. The van der Waals surface area contributed by atoms with Gasteiger partial charge >= 0.3 is 12.1 Å². The molecule has 27 heavy (non-hydrogen) atoms. The van der Waals surface area contributed by atoms with Crippen molar-refractivity contribution >= 4 is 46.9 Å². The lowest BCUT2D eigenvalue weighted by atomic mass is 10.1. The molecule has 1 aromatic carbocycles. The van der Waals surface area contributed by atoms with Gasteiger partial charge in [-0.05, 0) is 38.2 Å². The van der Waals surface area contributed by atoms with Crippen molar-refractivity contribution in [1.29, 1.82) is 0 Å². The molecule has 0 saturated carbocycles. The van der Waals surface area contributed by atoms with Crippen molar-refractivity contribution in [3.05, 3.63) is 41.0 Å². The Balaban J connectivity index is 2.16. The molecular formula is C17H17ClN4O4S. The Hall–Kier alpha value is -2.78. The predicted molar refractivity (Wildman–Crippen MR) is 105 cm³/mol. The average molecular weight is 409 g/mol. The van der Waals surface area contributed by atoms with Gasteiger partial charge in [-0.1, -0.05) is 23.7 Å². The maximum Gasteiger partial charge on any atom is 0.413 e. The van der Waals surface area contributed by atoms with Gasteiger partial charge in [0.05, 0.1) is 24.5 Å². The van der Waals surface area contributed by atoms with E-state index in [2.05, 4.69) is 20.6 Å². The number of carbonyl (C=O) groups is 2. The first kappa shape index (κ1) is 20.5. The van der Waals surface area contributed by atoms with Gasteiger partial charge in [-0.15, -0.1) is 0 Å². The van der Waals surface area contributed by atoms with E-state index in [-0.39, 0.29) is 22.8 Å². The Kier molecular flexibility index (Phi) is 7.44. The van der Waals surface area contributed by atoms with Crippen molar-refractivity contribution in [1.82, 2.24) is 15.3 Å². The van der Waals surface area contributed by atoms with E-state index in [0.717, 1.165) is 0 Å². The molecule has 2 N–H and O–H groups in total. The highest BCUT2D eigenvalue weighted by Crippen LogP contribution is 2.22. The molecule has 2 aromatic rings. The third-order valence-electron chi connectivity index (χ3n) is 3.10. The topological polar surface area (TPSA) is 102 Å². The van der Waals surface area contributed by atoms with Gasteiger partial charge in [0.1, 0.15) is 5.15 Å². The molecule has 0 aliphatic rings. The lowest BCUT2D eigenvalue weighted by molar-refractivity contribution is 0.0526. The van der Waals surface area contributed by atoms with E-state index in [9.17, 15) is 9.59 Å². The molecule has 0 spiro atoms. The molecule has 0 fully saturated rings. The summed E-state index contributed by atoms with van der Waals surface area (Å²) in [7, 11) is 0. The van der Waals surface area contributed by atoms with E-state index in [1.807, 2.05) is 0 Å². The van der Waals surface area contributed by atoms with Crippen molar-refractivity contribution in [3.63, 3.8) is 0 Å². The minimum atomic E-state index is -0.688. The molecule has 1 amide bonds. The molecule has 2 rings (SSSR count). The molecule has 0 unspecified atom stereocenters. The van der Waals surface area contributed by atoms with Crippen molar-refractivity contribution < 1.29 is 19.1 Å². The van der Waals surface area contributed by atoms with Crippen LogP contribution in [0.5, 0.6) is 0 Å². The summed E-state index contributed by atoms with van der Waals surface area (Å²) in [6.45, 7) is 3.94. The number of esters is 1. The summed E-state index contributed by atoms with van der Waals surface area (Å²) in [5.74, 6) is -0.295. The van der Waals surface area contributed by atoms with Crippen LogP contribution in [0.1, 0.15) is 24.2 Å². The highest BCUT2D eigenvalue weighted by Gasteiger charge is 2.11. The Morgan fingerprint density at radius 2 is 1.78 bits per heavy atom. The zero-order valence-electron chi connectivity index (χ0n) is 14.6. The van der Waals surface area contributed by atoms with Crippen LogP contribution in [0.4, 0.5) is 10.7 Å². The number of nitrogens with one attached hydrogen (secondary N) is 2. The van der Waals surface area contributed by atoms with Gasteiger partial charge in [0.2, 0.25) is 5.95 Å². The quantitative estimate of drug-likeness (QED) is 0.440. The molecule has 8 nitrogen and oxygen atoms in total. The number of alkyl carbamates (subject to hydrolysis) is 1. The van der Waals surface area contributed by atoms with Crippen molar-refractivity contribution in [2.45, 2.75) is 13.8 Å². The maximum absolute atomic E-state index is 11.7. The summed E-state index contributed by atoms with van der Waals surface area (Å²) in [6.07, 6.45) is -0.688. The highest BCUT2D eigenvalue weighted by molar-refractivity contribution is 7.80. The number of ether oxygens (including phenoxy) is 2. The Morgan fingerprint density at radius 1 is 1.11 bits per heavy atom. The molecule has 1 heterocycles. The standard InChI is InChI=1S/C17H17ClN4O4S/c1-3-25-14(23)11-7-5-10(6-8-11)12-9-13(18)20-15(19-12)21-16(27)22-17(24)26-4-2/h5-9H,3-4H2,1-2H3,(H2,19,20,21,22,24,27). The summed E-state index contributed by atoms with van der Waals surface area (Å²) in [4.78, 5) is 31.4. The van der Waals surface area contributed by atoms with E-state index in [4.69, 9.17) is 33.3 Å². The van der Waals surface area contributed by atoms with Gasteiger partial charge in [-0.2, -0.15) is 0 Å². The summed E-state index contributed by atoms with van der Waals surface area (Å²) < 4.78 is 9.68. The van der Waals surface area contributed by atoms with Crippen molar-refractivity contribution in [2.24, 2.45) is 0 Å². The Bertz CT molecular complexity index is 845. The number of amides is 1. The van der Waals surface area contributed by atoms with Crippen LogP contribution in [0, 0.1) is 0 Å². The SMILES string of the molecule is CCOC(=O)NC(=S)Nc1nc(Cl)cc(-c2ccc(C(=O)OCC)cc2)n1. The van der Waals surface area contributed by atoms with E-state index >= 15 is 0 Å². The third kappa shape index (κ3) is 6.15. The molecule has 0 saturated heterocycles. The second-order valence-corrected chi connectivity index (χ2v) is 5.79. The van der Waals surface area contributed by atoms with Crippen LogP contribution < -0.4 is 10.6 Å². The Morgan fingerprint density at radius 3 is 2.41 bits per heavy atom. The molecule has 142 valence electrons. The largest absolute Gasteiger partial charge is 0.462 e. The zero-order valence-corrected chi connectivity index (χ0v) is 16.2. The molecular weight excluding hydrogens is 392 g/mol. The van der Waals surface area contributed by atoms with E-state index in [0.29, 0.717) is 23.4 Å². The van der Waals surface area contributed by atoms with Crippen LogP contribution in [0.3, 0.4) is 0 Å². The number of carbonyl (C=O) groups excluding carboxylic acids is 2. The van der Waals surface area contributed by atoms with Crippen LogP contribution in [0.25, 0.3) is 11.3 Å². The molecule has 0 atom stereocenters. The van der Waals surface area contributed by atoms with Gasteiger partial charge in [0.15, 0.2) is 5.11 Å². The third-order valence-corrected chi connectivity index (χ3v) is 3.50. The van der Waals surface area contributed by atoms with E-state index in [1.165, 1.54) is 0 Å². The van der Waals surface area contributed by atoms with Crippen LogP contribution >= 0.6 is 23.8 Å². The minimum Gasteiger partial charge on any atom is -0.462 e. The number of halogens is 1. The Labute approximate surface area is 166 Å². The van der Waals surface area contributed by atoms with Crippen LogP contribution in [-0.4, -0.2) is 40.4 Å². The second-order valence-electron chi connectivity index (χ2n) is 5.00. The zero-order chi connectivity index (χ0) is 19.8. The normalized spacial score (nSPS) is 10.0. The fourth-order valence-corrected chi connectivity index (χ4v) is 2.36. The van der Waals surface area contributed by atoms with Gasteiger partial charge in [0.25, 0.3) is 0 Å². The number of hydrogen-bond acceptors (Lipinski definition) is 7. The monoisotopic (exact) mass is 408 g/mol. The minimum absolute atomic E-state index is 0.0284. The molecule has 0 aliphatic heterocycles. The average Bonchev–Trinajstić information content (AvgIpc) is 2.61. The second kappa shape index (κ2) is 9.79. The molecule has 1 aromatic heterocycles. The summed E-state index contributed by atoms with van der Waals surface area (Å²) in [6, 6.07) is 8.24. The molecule has 0 bridgehead atoms. The van der Waals surface area contributed by atoms with Crippen LogP contribution in [0.2, 0.25) is 5.15 Å². The smallest absolute Gasteiger partial charge is 0.413 e. The van der Waals surface area contributed by atoms with Crippen molar-refractivity contribution in [2.75, 3.05) is 18.5 Å². The first-order valence-electron chi connectivity index (χ1n) is 7.99.